The zero-order valence-corrected chi connectivity index (χ0v) is 12.2. The van der Waals surface area contributed by atoms with Gasteiger partial charge >= 0.3 is 0 Å². The molecule has 0 fully saturated rings. The second-order valence-electron chi connectivity index (χ2n) is 5.62. The number of aromatic nitrogens is 3. The molecule has 6 nitrogen and oxygen atoms in total. The van der Waals surface area contributed by atoms with E-state index in [0.717, 1.165) is 11.4 Å². The first-order valence-electron chi connectivity index (χ1n) is 6.51. The van der Waals surface area contributed by atoms with Gasteiger partial charge in [0, 0.05) is 29.4 Å². The highest BCUT2D eigenvalue weighted by Gasteiger charge is 2.16. The van der Waals surface area contributed by atoms with Crippen molar-refractivity contribution in [2.75, 3.05) is 0 Å². The molecule has 0 aromatic carbocycles. The van der Waals surface area contributed by atoms with E-state index in [2.05, 4.69) is 15.1 Å². The fourth-order valence-corrected chi connectivity index (χ4v) is 1.57. The fraction of sp³-hybridized carbons (Fsp3) is 0.333. The molecular formula is C15H17N3O3. The molecule has 2 heterocycles. The molecule has 2 aromatic rings. The maximum atomic E-state index is 11.8. The van der Waals surface area contributed by atoms with Crippen LogP contribution in [-0.2, 0) is 12.0 Å². The van der Waals surface area contributed by atoms with Gasteiger partial charge in [-0.25, -0.2) is 9.97 Å². The number of nitrogens with zero attached hydrogens (tertiary/aromatic N) is 3. The summed E-state index contributed by atoms with van der Waals surface area (Å²) in [5, 5.41) is 12.4. The Balaban J connectivity index is 2.08. The van der Waals surface area contributed by atoms with Crippen LogP contribution in [0.25, 0.3) is 6.08 Å². The summed E-state index contributed by atoms with van der Waals surface area (Å²) in [7, 11) is 0. The second-order valence-corrected chi connectivity index (χ2v) is 5.62. The van der Waals surface area contributed by atoms with E-state index in [1.54, 1.807) is 18.5 Å². The smallest absolute Gasteiger partial charge is 0.207 e. The molecule has 0 saturated heterocycles. The minimum Gasteiger partial charge on any atom is -0.388 e. The van der Waals surface area contributed by atoms with Gasteiger partial charge in [-0.2, -0.15) is 0 Å². The van der Waals surface area contributed by atoms with Crippen molar-refractivity contribution in [3.05, 3.63) is 47.4 Å². The number of ketones is 1. The average Bonchev–Trinajstić information content (AvgIpc) is 2.93. The number of aliphatic hydroxyl groups is 1. The predicted molar refractivity (Wildman–Crippen MR) is 76.5 cm³/mol. The fourth-order valence-electron chi connectivity index (χ4n) is 1.57. The first kappa shape index (κ1) is 15.1. The summed E-state index contributed by atoms with van der Waals surface area (Å²) in [5.74, 6) is 0.693. The average molecular weight is 287 g/mol. The van der Waals surface area contributed by atoms with Gasteiger partial charge in [-0.05, 0) is 12.2 Å². The zero-order valence-electron chi connectivity index (χ0n) is 12.2. The summed E-state index contributed by atoms with van der Waals surface area (Å²) in [5.41, 5.74) is 0.768. The number of allylic oxidation sites excluding steroid dienone is 1. The molecule has 0 aliphatic rings. The highest BCUT2D eigenvalue weighted by atomic mass is 16.5. The van der Waals surface area contributed by atoms with Crippen molar-refractivity contribution in [3.63, 3.8) is 0 Å². The van der Waals surface area contributed by atoms with Gasteiger partial charge in [0.25, 0.3) is 0 Å². The lowest BCUT2D eigenvalue weighted by Gasteiger charge is -2.15. The molecule has 0 unspecified atom stereocenters. The van der Waals surface area contributed by atoms with Crippen LogP contribution in [-0.4, -0.2) is 26.0 Å². The van der Waals surface area contributed by atoms with Gasteiger partial charge < -0.3 is 9.63 Å². The summed E-state index contributed by atoms with van der Waals surface area (Å²) in [6.07, 6.45) is 6.31. The summed E-state index contributed by atoms with van der Waals surface area (Å²) in [6, 6.07) is 1.41. The molecule has 0 amide bonds. The number of carbonyl (C=O) groups excluding carboxylic acids is 1. The molecule has 0 saturated carbocycles. The van der Waals surface area contributed by atoms with Crippen LogP contribution in [0, 0.1) is 0 Å². The number of hydrogen-bond donors (Lipinski definition) is 1. The largest absolute Gasteiger partial charge is 0.388 e. The monoisotopic (exact) mass is 287 g/mol. The molecule has 21 heavy (non-hydrogen) atoms. The summed E-state index contributed by atoms with van der Waals surface area (Å²) in [4.78, 5) is 20.4. The van der Waals surface area contributed by atoms with Crippen LogP contribution in [0.2, 0.25) is 0 Å². The molecule has 6 heteroatoms. The Morgan fingerprint density at radius 2 is 2.00 bits per heavy atom. The summed E-state index contributed by atoms with van der Waals surface area (Å²) < 4.78 is 4.76. The lowest BCUT2D eigenvalue weighted by atomic mass is 9.96. The number of hydrogen-bond acceptors (Lipinski definition) is 6. The zero-order chi connectivity index (χ0) is 15.5. The molecule has 2 aromatic heterocycles. The molecule has 0 aliphatic heterocycles. The Labute approximate surface area is 122 Å². The molecule has 110 valence electrons. The van der Waals surface area contributed by atoms with Crippen molar-refractivity contribution >= 4 is 11.9 Å². The van der Waals surface area contributed by atoms with Crippen LogP contribution in [0.5, 0.6) is 0 Å². The Hall–Kier alpha value is -2.34. The molecule has 2 rings (SSSR count). The minimum atomic E-state index is -0.307. The minimum absolute atomic E-state index is 0.112. The van der Waals surface area contributed by atoms with Crippen LogP contribution in [0.15, 0.2) is 29.1 Å². The normalized spacial score (nSPS) is 12.0. The molecule has 0 bridgehead atoms. The topological polar surface area (TPSA) is 89.1 Å². The first-order chi connectivity index (χ1) is 9.90. The van der Waals surface area contributed by atoms with Crippen LogP contribution in [0.1, 0.15) is 48.4 Å². The Morgan fingerprint density at radius 1 is 1.33 bits per heavy atom. The van der Waals surface area contributed by atoms with E-state index in [9.17, 15) is 4.79 Å². The van der Waals surface area contributed by atoms with Gasteiger partial charge in [0.05, 0.1) is 0 Å². The highest BCUT2D eigenvalue weighted by Crippen LogP contribution is 2.17. The van der Waals surface area contributed by atoms with E-state index in [1.165, 1.54) is 12.1 Å². The van der Waals surface area contributed by atoms with E-state index in [4.69, 9.17) is 9.63 Å². The van der Waals surface area contributed by atoms with Crippen LogP contribution in [0.4, 0.5) is 0 Å². The van der Waals surface area contributed by atoms with Gasteiger partial charge in [-0.15, -0.1) is 0 Å². The molecule has 1 N–H and O–H groups in total. The van der Waals surface area contributed by atoms with Crippen LogP contribution in [0.3, 0.4) is 0 Å². The lowest BCUT2D eigenvalue weighted by Crippen LogP contribution is -2.15. The first-order valence-corrected chi connectivity index (χ1v) is 6.51. The van der Waals surface area contributed by atoms with Gasteiger partial charge in [-0.3, -0.25) is 4.79 Å². The second kappa shape index (κ2) is 5.97. The Bertz CT molecular complexity index is 652. The highest BCUT2D eigenvalue weighted by molar-refractivity contribution is 6.05. The van der Waals surface area contributed by atoms with Gasteiger partial charge in [0.1, 0.15) is 12.4 Å². The molecule has 0 radical (unpaired) electrons. The third-order valence-electron chi connectivity index (χ3n) is 2.74. The summed E-state index contributed by atoms with van der Waals surface area (Å²) in [6.45, 7) is 5.81. The number of rotatable bonds is 4. The summed E-state index contributed by atoms with van der Waals surface area (Å²) >= 11 is 0. The third kappa shape index (κ3) is 3.82. The van der Waals surface area contributed by atoms with Crippen molar-refractivity contribution in [2.45, 2.75) is 32.8 Å². The van der Waals surface area contributed by atoms with Gasteiger partial charge in [0.15, 0.2) is 11.5 Å². The van der Waals surface area contributed by atoms with E-state index in [-0.39, 0.29) is 29.3 Å². The molecule has 0 aliphatic carbocycles. The van der Waals surface area contributed by atoms with Gasteiger partial charge in [-0.1, -0.05) is 25.9 Å². The van der Waals surface area contributed by atoms with Crippen molar-refractivity contribution in [2.24, 2.45) is 0 Å². The van der Waals surface area contributed by atoms with E-state index in [0.29, 0.717) is 0 Å². The van der Waals surface area contributed by atoms with E-state index < -0.39 is 0 Å². The van der Waals surface area contributed by atoms with Gasteiger partial charge in [0.2, 0.25) is 5.78 Å². The van der Waals surface area contributed by atoms with Crippen molar-refractivity contribution in [1.82, 2.24) is 15.1 Å². The van der Waals surface area contributed by atoms with Crippen molar-refractivity contribution in [3.8, 4) is 0 Å². The standard InChI is InChI=1S/C15H17N3O3/c1-15(2,3)14-16-7-10(8-17-14)4-5-13(20)12-6-11(9-19)21-18-12/h4-8,19H,9H2,1-3H3. The maximum absolute atomic E-state index is 11.8. The SMILES string of the molecule is CC(C)(C)c1ncc(C=CC(=O)c2cc(CO)on2)cn1. The predicted octanol–water partition coefficient (Wildman–Crippen LogP) is 2.15. The Kier molecular flexibility index (Phi) is 4.28. The van der Waals surface area contributed by atoms with Crippen molar-refractivity contribution in [1.29, 1.82) is 0 Å². The van der Waals surface area contributed by atoms with Crippen LogP contribution >= 0.6 is 0 Å². The lowest BCUT2D eigenvalue weighted by molar-refractivity contribution is 0.103. The quantitative estimate of drug-likeness (QED) is 0.684. The molecule has 0 spiro atoms. The molecular weight excluding hydrogens is 270 g/mol. The third-order valence-corrected chi connectivity index (χ3v) is 2.74. The number of carbonyl (C=O) groups is 1. The number of aliphatic hydroxyl groups excluding tert-OH is 1. The van der Waals surface area contributed by atoms with Crippen molar-refractivity contribution < 1.29 is 14.4 Å². The Morgan fingerprint density at radius 3 is 2.52 bits per heavy atom. The maximum Gasteiger partial charge on any atom is 0.207 e. The van der Waals surface area contributed by atoms with E-state index in [1.807, 2.05) is 20.8 Å². The van der Waals surface area contributed by atoms with Crippen LogP contribution < -0.4 is 0 Å². The van der Waals surface area contributed by atoms with E-state index >= 15 is 0 Å². The molecule has 0 atom stereocenters.